The molecule has 128 valence electrons. The number of hydrogen-bond donors (Lipinski definition) is 1. The summed E-state index contributed by atoms with van der Waals surface area (Å²) in [6.07, 6.45) is 1.44. The highest BCUT2D eigenvalue weighted by molar-refractivity contribution is 6.31. The van der Waals surface area contributed by atoms with Crippen LogP contribution in [0.15, 0.2) is 24.4 Å². The van der Waals surface area contributed by atoms with Gasteiger partial charge in [-0.3, -0.25) is 19.6 Å². The van der Waals surface area contributed by atoms with Crippen molar-refractivity contribution >= 4 is 28.9 Å². The van der Waals surface area contributed by atoms with E-state index >= 15 is 0 Å². The Balaban J connectivity index is 2.25. The first-order valence-electron chi connectivity index (χ1n) is 7.26. The van der Waals surface area contributed by atoms with Crippen molar-refractivity contribution in [3.05, 3.63) is 45.2 Å². The first-order valence-corrected chi connectivity index (χ1v) is 7.64. The fourth-order valence-corrected chi connectivity index (χ4v) is 2.30. The molecule has 0 aliphatic heterocycles. The van der Waals surface area contributed by atoms with Crippen molar-refractivity contribution in [2.24, 2.45) is 0 Å². The average molecular weight is 353 g/mol. The Hall–Kier alpha value is -2.61. The summed E-state index contributed by atoms with van der Waals surface area (Å²) < 4.78 is 6.70. The van der Waals surface area contributed by atoms with Gasteiger partial charge in [0.05, 0.1) is 34.5 Å². The molecule has 1 aromatic carbocycles. The molecule has 0 aliphatic rings. The van der Waals surface area contributed by atoms with E-state index in [1.807, 2.05) is 0 Å². The Labute approximate surface area is 143 Å². The van der Waals surface area contributed by atoms with Crippen LogP contribution in [0, 0.1) is 17.0 Å². The van der Waals surface area contributed by atoms with Gasteiger partial charge in [0.15, 0.2) is 0 Å². The van der Waals surface area contributed by atoms with E-state index in [9.17, 15) is 14.9 Å². The standard InChI is InChI=1S/C15H17ClN4O4/c1-4-24-11-5-6-13(14(7-11)20(22)23)18-15(21)10(3)19-9(2)12(16)8-17-19/h5-8,10H,4H2,1-3H3,(H,18,21). The van der Waals surface area contributed by atoms with E-state index in [-0.39, 0.29) is 11.4 Å². The molecule has 2 aromatic rings. The Morgan fingerprint density at radius 3 is 2.79 bits per heavy atom. The molecule has 0 saturated carbocycles. The summed E-state index contributed by atoms with van der Waals surface area (Å²) in [6, 6.07) is 3.60. The molecule has 0 saturated heterocycles. The zero-order valence-corrected chi connectivity index (χ0v) is 14.2. The molecule has 8 nitrogen and oxygen atoms in total. The number of carbonyl (C=O) groups is 1. The molecular weight excluding hydrogens is 336 g/mol. The maximum absolute atomic E-state index is 12.4. The lowest BCUT2D eigenvalue weighted by atomic mass is 10.2. The van der Waals surface area contributed by atoms with E-state index in [1.54, 1.807) is 26.8 Å². The van der Waals surface area contributed by atoms with Gasteiger partial charge in [-0.25, -0.2) is 0 Å². The molecule has 0 fully saturated rings. The highest BCUT2D eigenvalue weighted by atomic mass is 35.5. The topological polar surface area (TPSA) is 99.3 Å². The molecule has 0 bridgehead atoms. The molecule has 1 unspecified atom stereocenters. The van der Waals surface area contributed by atoms with Crippen LogP contribution in [0.25, 0.3) is 0 Å². The van der Waals surface area contributed by atoms with E-state index in [4.69, 9.17) is 16.3 Å². The zero-order valence-electron chi connectivity index (χ0n) is 13.4. The third-order valence-corrected chi connectivity index (χ3v) is 3.84. The molecule has 0 aliphatic carbocycles. The number of ether oxygens (including phenoxy) is 1. The van der Waals surface area contributed by atoms with Crippen LogP contribution in [-0.2, 0) is 4.79 Å². The van der Waals surface area contributed by atoms with E-state index in [1.165, 1.54) is 23.0 Å². The Morgan fingerprint density at radius 1 is 1.54 bits per heavy atom. The van der Waals surface area contributed by atoms with Gasteiger partial charge < -0.3 is 10.1 Å². The van der Waals surface area contributed by atoms with E-state index in [2.05, 4.69) is 10.4 Å². The van der Waals surface area contributed by atoms with Crippen LogP contribution in [-0.4, -0.2) is 27.2 Å². The molecule has 1 atom stereocenters. The molecule has 1 heterocycles. The Morgan fingerprint density at radius 2 is 2.25 bits per heavy atom. The Bertz CT molecular complexity index is 775. The summed E-state index contributed by atoms with van der Waals surface area (Å²) in [6.45, 7) is 5.53. The van der Waals surface area contributed by atoms with Crippen LogP contribution >= 0.6 is 11.6 Å². The smallest absolute Gasteiger partial charge is 0.296 e. The minimum atomic E-state index is -0.677. The first kappa shape index (κ1) is 17.7. The Kier molecular flexibility index (Phi) is 5.40. The van der Waals surface area contributed by atoms with Gasteiger partial charge in [-0.2, -0.15) is 5.10 Å². The minimum Gasteiger partial charge on any atom is -0.494 e. The van der Waals surface area contributed by atoms with E-state index in [0.29, 0.717) is 23.1 Å². The number of nitro benzene ring substituents is 1. The number of nitrogens with one attached hydrogen (secondary N) is 1. The van der Waals surface area contributed by atoms with Crippen LogP contribution in [0.4, 0.5) is 11.4 Å². The number of aromatic nitrogens is 2. The predicted octanol–water partition coefficient (Wildman–Crippen LogP) is 3.35. The normalized spacial score (nSPS) is 11.8. The van der Waals surface area contributed by atoms with Crippen molar-refractivity contribution in [2.75, 3.05) is 11.9 Å². The number of anilines is 1. The van der Waals surface area contributed by atoms with E-state index < -0.39 is 16.9 Å². The number of nitrogens with zero attached hydrogens (tertiary/aromatic N) is 3. The largest absolute Gasteiger partial charge is 0.494 e. The lowest BCUT2D eigenvalue weighted by Gasteiger charge is -2.15. The van der Waals surface area contributed by atoms with Crippen LogP contribution in [0.5, 0.6) is 5.75 Å². The number of halogens is 1. The number of amides is 1. The van der Waals surface area contributed by atoms with Crippen molar-refractivity contribution in [1.82, 2.24) is 9.78 Å². The summed E-state index contributed by atoms with van der Waals surface area (Å²) in [5.74, 6) is -0.0740. The van der Waals surface area contributed by atoms with Crippen molar-refractivity contribution in [2.45, 2.75) is 26.8 Å². The van der Waals surface area contributed by atoms with Crippen molar-refractivity contribution in [3.63, 3.8) is 0 Å². The second-order valence-electron chi connectivity index (χ2n) is 5.06. The van der Waals surface area contributed by atoms with Crippen molar-refractivity contribution in [1.29, 1.82) is 0 Å². The summed E-state index contributed by atoms with van der Waals surface area (Å²) in [5, 5.41) is 18.3. The zero-order chi connectivity index (χ0) is 17.9. The third kappa shape index (κ3) is 3.65. The minimum absolute atomic E-state index is 0.0937. The first-order chi connectivity index (χ1) is 11.3. The molecule has 9 heteroatoms. The van der Waals surface area contributed by atoms with E-state index in [0.717, 1.165) is 0 Å². The molecule has 2 rings (SSSR count). The summed E-state index contributed by atoms with van der Waals surface area (Å²) in [4.78, 5) is 23.0. The van der Waals surface area contributed by atoms with Gasteiger partial charge in [0, 0.05) is 0 Å². The molecule has 24 heavy (non-hydrogen) atoms. The molecule has 1 N–H and O–H groups in total. The summed E-state index contributed by atoms with van der Waals surface area (Å²) >= 11 is 5.93. The average Bonchev–Trinajstić information content (AvgIpc) is 2.87. The van der Waals surface area contributed by atoms with Crippen LogP contribution in [0.2, 0.25) is 5.02 Å². The van der Waals surface area contributed by atoms with Crippen molar-refractivity contribution < 1.29 is 14.5 Å². The maximum atomic E-state index is 12.4. The second-order valence-corrected chi connectivity index (χ2v) is 5.46. The lowest BCUT2D eigenvalue weighted by molar-refractivity contribution is -0.384. The molecule has 0 radical (unpaired) electrons. The van der Waals surface area contributed by atoms with Gasteiger partial charge in [-0.1, -0.05) is 11.6 Å². The number of rotatable bonds is 6. The van der Waals surface area contributed by atoms with Gasteiger partial charge in [0.25, 0.3) is 5.69 Å². The van der Waals surface area contributed by atoms with Gasteiger partial charge in [0.1, 0.15) is 17.5 Å². The van der Waals surface area contributed by atoms with Gasteiger partial charge >= 0.3 is 0 Å². The van der Waals surface area contributed by atoms with Crippen LogP contribution in [0.3, 0.4) is 0 Å². The highest BCUT2D eigenvalue weighted by Gasteiger charge is 2.23. The molecule has 0 spiro atoms. The van der Waals surface area contributed by atoms with Crippen molar-refractivity contribution in [3.8, 4) is 5.75 Å². The summed E-state index contributed by atoms with van der Waals surface area (Å²) in [5.41, 5.74) is 0.494. The van der Waals surface area contributed by atoms with Gasteiger partial charge in [-0.05, 0) is 32.9 Å². The van der Waals surface area contributed by atoms with Crippen LogP contribution in [0.1, 0.15) is 25.6 Å². The molecular formula is C15H17ClN4O4. The maximum Gasteiger partial charge on any atom is 0.296 e. The number of benzene rings is 1. The monoisotopic (exact) mass is 352 g/mol. The lowest BCUT2D eigenvalue weighted by Crippen LogP contribution is -2.25. The van der Waals surface area contributed by atoms with Gasteiger partial charge in [0.2, 0.25) is 5.91 Å². The SMILES string of the molecule is CCOc1ccc(NC(=O)C(C)n2ncc(Cl)c2C)c([N+](=O)[O-])c1. The second kappa shape index (κ2) is 7.31. The molecule has 1 aromatic heterocycles. The summed E-state index contributed by atoms with van der Waals surface area (Å²) in [7, 11) is 0. The fourth-order valence-electron chi connectivity index (χ4n) is 2.17. The number of hydrogen-bond acceptors (Lipinski definition) is 5. The third-order valence-electron chi connectivity index (χ3n) is 3.47. The predicted molar refractivity (Wildman–Crippen MR) is 89.6 cm³/mol. The highest BCUT2D eigenvalue weighted by Crippen LogP contribution is 2.30. The number of nitro groups is 1. The molecule has 1 amide bonds. The number of carbonyl (C=O) groups excluding carboxylic acids is 1. The van der Waals surface area contributed by atoms with Crippen LogP contribution < -0.4 is 10.1 Å². The van der Waals surface area contributed by atoms with Gasteiger partial charge in [-0.15, -0.1) is 0 Å². The quantitative estimate of drug-likeness (QED) is 0.634. The fraction of sp³-hybridized carbons (Fsp3) is 0.333.